The average Bonchev–Trinajstić information content (AvgIpc) is 3.28. The lowest BCUT2D eigenvalue weighted by atomic mass is 10.2. The first-order valence-electron chi connectivity index (χ1n) is 8.45. The molecule has 4 rings (SSSR count). The van der Waals surface area contributed by atoms with E-state index in [0.29, 0.717) is 12.1 Å². The van der Waals surface area contributed by atoms with E-state index >= 15 is 0 Å². The van der Waals surface area contributed by atoms with E-state index in [1.807, 2.05) is 24.3 Å². The molecule has 1 aliphatic heterocycles. The number of hydrogen-bond donors (Lipinski definition) is 0. The second-order valence-corrected chi connectivity index (χ2v) is 9.33. The van der Waals surface area contributed by atoms with Crippen LogP contribution in [0.1, 0.15) is 41.2 Å². The molecule has 1 saturated heterocycles. The first-order valence-corrected chi connectivity index (χ1v) is 10.7. The van der Waals surface area contributed by atoms with Gasteiger partial charge in [0, 0.05) is 12.1 Å². The van der Waals surface area contributed by atoms with Crippen LogP contribution < -0.4 is 0 Å². The molecule has 0 spiro atoms. The van der Waals surface area contributed by atoms with Gasteiger partial charge in [0.25, 0.3) is 0 Å². The van der Waals surface area contributed by atoms with E-state index in [1.165, 1.54) is 19.1 Å². The number of hydrogen-bond acceptors (Lipinski definition) is 5. The predicted octanol–water partition coefficient (Wildman–Crippen LogP) is 4.02. The van der Waals surface area contributed by atoms with E-state index < -0.39 is 10.0 Å². The van der Waals surface area contributed by atoms with Crippen molar-refractivity contribution in [1.29, 1.82) is 0 Å². The third-order valence-corrected chi connectivity index (χ3v) is 7.73. The first kappa shape index (κ1) is 17.3. The number of sulfonamides is 1. The Kier molecular flexibility index (Phi) is 4.38. The van der Waals surface area contributed by atoms with Gasteiger partial charge in [-0.3, -0.25) is 4.79 Å². The third-order valence-electron chi connectivity index (χ3n) is 4.67. The molecule has 0 N–H and O–H groups in total. The highest BCUT2D eigenvalue weighted by Crippen LogP contribution is 2.39. The molecule has 26 heavy (non-hydrogen) atoms. The molecule has 1 aliphatic rings. The van der Waals surface area contributed by atoms with Crippen LogP contribution in [0, 0.1) is 0 Å². The Labute approximate surface area is 156 Å². The third kappa shape index (κ3) is 2.96. The van der Waals surface area contributed by atoms with Crippen molar-refractivity contribution in [2.45, 2.75) is 30.7 Å². The van der Waals surface area contributed by atoms with Gasteiger partial charge in [-0.15, -0.1) is 11.3 Å². The van der Waals surface area contributed by atoms with Gasteiger partial charge in [-0.2, -0.15) is 4.31 Å². The minimum Gasteiger partial charge on any atom is -0.295 e. The Morgan fingerprint density at radius 1 is 1.15 bits per heavy atom. The molecule has 0 unspecified atom stereocenters. The van der Waals surface area contributed by atoms with Gasteiger partial charge >= 0.3 is 0 Å². The second-order valence-electron chi connectivity index (χ2n) is 6.37. The van der Waals surface area contributed by atoms with E-state index in [2.05, 4.69) is 4.98 Å². The van der Waals surface area contributed by atoms with Crippen LogP contribution in [0.5, 0.6) is 0 Å². The Morgan fingerprint density at radius 3 is 2.58 bits per heavy atom. The molecule has 5 nitrogen and oxygen atoms in total. The summed E-state index contributed by atoms with van der Waals surface area (Å²) in [7, 11) is -3.63. The van der Waals surface area contributed by atoms with Crippen LogP contribution >= 0.6 is 11.3 Å². The molecular formula is C19H18N2O3S2. The molecule has 3 aromatic rings. The molecule has 0 bridgehead atoms. The normalized spacial score (nSPS) is 18.4. The Hall–Kier alpha value is -2.09. The molecular weight excluding hydrogens is 368 g/mol. The number of aromatic nitrogens is 1. The van der Waals surface area contributed by atoms with Gasteiger partial charge in [-0.25, -0.2) is 13.4 Å². The summed E-state index contributed by atoms with van der Waals surface area (Å²) in [5, 5.41) is 0.840. The van der Waals surface area contributed by atoms with Crippen molar-refractivity contribution >= 4 is 37.4 Å². The Balaban J connectivity index is 1.69. The number of benzene rings is 2. The van der Waals surface area contributed by atoms with Gasteiger partial charge < -0.3 is 0 Å². The number of ketones is 1. The molecule has 0 aliphatic carbocycles. The lowest BCUT2D eigenvalue weighted by molar-refractivity contribution is 0.101. The minimum absolute atomic E-state index is 0.0810. The highest BCUT2D eigenvalue weighted by Gasteiger charge is 2.37. The lowest BCUT2D eigenvalue weighted by Crippen LogP contribution is -2.30. The molecule has 2 aromatic carbocycles. The highest BCUT2D eigenvalue weighted by atomic mass is 32.2. The lowest BCUT2D eigenvalue weighted by Gasteiger charge is -2.22. The maximum atomic E-state index is 13.1. The zero-order chi connectivity index (χ0) is 18.3. The van der Waals surface area contributed by atoms with Crippen LogP contribution in [0.4, 0.5) is 0 Å². The van der Waals surface area contributed by atoms with E-state index in [4.69, 9.17) is 0 Å². The number of carbonyl (C=O) groups is 1. The summed E-state index contributed by atoms with van der Waals surface area (Å²) in [6.07, 6.45) is 1.58. The second kappa shape index (κ2) is 6.57. The molecule has 1 atom stereocenters. The van der Waals surface area contributed by atoms with Crippen molar-refractivity contribution in [3.8, 4) is 0 Å². The van der Waals surface area contributed by atoms with Gasteiger partial charge in [0.2, 0.25) is 10.0 Å². The van der Waals surface area contributed by atoms with Crippen LogP contribution in [-0.2, 0) is 10.0 Å². The van der Waals surface area contributed by atoms with Crippen molar-refractivity contribution in [3.05, 3.63) is 59.1 Å². The fourth-order valence-corrected chi connectivity index (χ4v) is 6.15. The molecule has 0 radical (unpaired) electrons. The SMILES string of the molecule is CC(=O)c1ccc(S(=O)(=O)N2CCC[C@H]2c2nc3ccccc3s2)cc1. The zero-order valence-corrected chi connectivity index (χ0v) is 15.9. The van der Waals surface area contributed by atoms with E-state index in [0.717, 1.165) is 28.1 Å². The van der Waals surface area contributed by atoms with Crippen LogP contribution in [0.3, 0.4) is 0 Å². The molecule has 7 heteroatoms. The quantitative estimate of drug-likeness (QED) is 0.635. The summed E-state index contributed by atoms with van der Waals surface area (Å²) in [4.78, 5) is 16.3. The summed E-state index contributed by atoms with van der Waals surface area (Å²) in [6, 6.07) is 13.8. The maximum absolute atomic E-state index is 13.1. The maximum Gasteiger partial charge on any atom is 0.243 e. The molecule has 0 saturated carbocycles. The zero-order valence-electron chi connectivity index (χ0n) is 14.3. The summed E-state index contributed by atoms with van der Waals surface area (Å²) in [5.41, 5.74) is 1.41. The van der Waals surface area contributed by atoms with Crippen LogP contribution in [0.25, 0.3) is 10.2 Å². The van der Waals surface area contributed by atoms with Gasteiger partial charge in [0.1, 0.15) is 5.01 Å². The molecule has 0 amide bonds. The largest absolute Gasteiger partial charge is 0.295 e. The molecule has 2 heterocycles. The van der Waals surface area contributed by atoms with Crippen LogP contribution in [0.2, 0.25) is 0 Å². The minimum atomic E-state index is -3.63. The predicted molar refractivity (Wildman–Crippen MR) is 102 cm³/mol. The Bertz CT molecular complexity index is 1040. The summed E-state index contributed by atoms with van der Waals surface area (Å²) in [5.74, 6) is -0.0810. The number of carbonyl (C=O) groups excluding carboxylic acids is 1. The van der Waals surface area contributed by atoms with Crippen molar-refractivity contribution in [1.82, 2.24) is 9.29 Å². The molecule has 1 aromatic heterocycles. The first-order chi connectivity index (χ1) is 12.5. The fraction of sp³-hybridized carbons (Fsp3) is 0.263. The number of Topliss-reactive ketones (excluding diaryl/α,β-unsaturated/α-hetero) is 1. The van der Waals surface area contributed by atoms with E-state index in [9.17, 15) is 13.2 Å². The van der Waals surface area contributed by atoms with Crippen LogP contribution in [0.15, 0.2) is 53.4 Å². The van der Waals surface area contributed by atoms with Gasteiger partial charge in [-0.05, 0) is 44.0 Å². The highest BCUT2D eigenvalue weighted by molar-refractivity contribution is 7.89. The number of thiazole rings is 1. The summed E-state index contributed by atoms with van der Waals surface area (Å²) < 4.78 is 28.9. The monoisotopic (exact) mass is 386 g/mol. The smallest absolute Gasteiger partial charge is 0.243 e. The van der Waals surface area contributed by atoms with Crippen LogP contribution in [-0.4, -0.2) is 30.0 Å². The Morgan fingerprint density at radius 2 is 1.88 bits per heavy atom. The topological polar surface area (TPSA) is 67.3 Å². The van der Waals surface area contributed by atoms with Gasteiger partial charge in [-0.1, -0.05) is 24.3 Å². The fourth-order valence-electron chi connectivity index (χ4n) is 3.30. The van der Waals surface area contributed by atoms with Gasteiger partial charge in [0.05, 0.1) is 21.2 Å². The van der Waals surface area contributed by atoms with Crippen molar-refractivity contribution < 1.29 is 13.2 Å². The van der Waals surface area contributed by atoms with Crippen molar-refractivity contribution in [3.63, 3.8) is 0 Å². The average molecular weight is 386 g/mol. The standard InChI is InChI=1S/C19H18N2O3S2/c1-13(22)14-8-10-15(11-9-14)26(23,24)21-12-4-6-17(21)19-20-16-5-2-3-7-18(16)25-19/h2-3,5,7-11,17H,4,6,12H2,1H3/t17-/m0/s1. The summed E-state index contributed by atoms with van der Waals surface area (Å²) in [6.45, 7) is 1.95. The number of rotatable bonds is 4. The molecule has 1 fully saturated rings. The van der Waals surface area contributed by atoms with E-state index in [-0.39, 0.29) is 16.7 Å². The molecule has 134 valence electrons. The number of fused-ring (bicyclic) bond motifs is 1. The van der Waals surface area contributed by atoms with E-state index in [1.54, 1.807) is 27.8 Å². The number of nitrogens with zero attached hydrogens (tertiary/aromatic N) is 2. The van der Waals surface area contributed by atoms with Crippen molar-refractivity contribution in [2.24, 2.45) is 0 Å². The van der Waals surface area contributed by atoms with Gasteiger partial charge in [0.15, 0.2) is 5.78 Å². The van der Waals surface area contributed by atoms with Crippen molar-refractivity contribution in [2.75, 3.05) is 6.54 Å². The summed E-state index contributed by atoms with van der Waals surface area (Å²) >= 11 is 1.55. The number of para-hydroxylation sites is 1.